The lowest BCUT2D eigenvalue weighted by atomic mass is 10.1. The molecule has 3 aromatic carbocycles. The first kappa shape index (κ1) is 24.1. The van der Waals surface area contributed by atoms with Crippen molar-refractivity contribution in [3.63, 3.8) is 0 Å². The summed E-state index contributed by atoms with van der Waals surface area (Å²) in [6, 6.07) is 20.9. The summed E-state index contributed by atoms with van der Waals surface area (Å²) < 4.78 is 17.8. The molecule has 6 nitrogen and oxygen atoms in total. The van der Waals surface area contributed by atoms with Crippen LogP contribution in [0.25, 0.3) is 0 Å². The summed E-state index contributed by atoms with van der Waals surface area (Å²) in [5.74, 6) is 1.31. The van der Waals surface area contributed by atoms with Gasteiger partial charge in [-0.05, 0) is 53.9 Å². The number of rotatable bonds is 11. The van der Waals surface area contributed by atoms with Crippen LogP contribution in [0.5, 0.6) is 17.2 Å². The predicted octanol–water partition coefficient (Wildman–Crippen LogP) is 5.29. The van der Waals surface area contributed by atoms with Gasteiger partial charge in [-0.1, -0.05) is 52.3 Å². The molecule has 0 saturated heterocycles. The second-order valence-corrected chi connectivity index (χ2v) is 7.93. The van der Waals surface area contributed by atoms with Crippen LogP contribution in [0.2, 0.25) is 0 Å². The van der Waals surface area contributed by atoms with Crippen LogP contribution in [0.4, 0.5) is 0 Å². The number of methoxy groups -OCH3 is 1. The van der Waals surface area contributed by atoms with Crippen LogP contribution in [0.3, 0.4) is 0 Å². The van der Waals surface area contributed by atoms with Crippen molar-refractivity contribution in [2.24, 2.45) is 5.10 Å². The molecule has 0 aliphatic carbocycles. The third-order valence-corrected chi connectivity index (χ3v) is 5.06. The maximum Gasteiger partial charge on any atom is 0.277 e. The molecule has 33 heavy (non-hydrogen) atoms. The normalized spacial score (nSPS) is 10.6. The number of nitrogens with one attached hydrogen (secondary N) is 1. The van der Waals surface area contributed by atoms with Gasteiger partial charge in [0.25, 0.3) is 5.91 Å². The molecule has 0 aliphatic heterocycles. The Labute approximate surface area is 202 Å². The molecular formula is C26H25BrN2O4. The largest absolute Gasteiger partial charge is 0.493 e. The fourth-order valence-electron chi connectivity index (χ4n) is 2.98. The Morgan fingerprint density at radius 2 is 1.85 bits per heavy atom. The van der Waals surface area contributed by atoms with Crippen molar-refractivity contribution in [3.8, 4) is 17.2 Å². The van der Waals surface area contributed by atoms with E-state index in [1.54, 1.807) is 19.4 Å². The Balaban J connectivity index is 1.54. The fraction of sp³-hybridized carbons (Fsp3) is 0.154. The lowest BCUT2D eigenvalue weighted by Gasteiger charge is -2.11. The molecule has 3 rings (SSSR count). The monoisotopic (exact) mass is 508 g/mol. The Bertz CT molecular complexity index is 1130. The van der Waals surface area contributed by atoms with E-state index in [9.17, 15) is 4.79 Å². The third kappa shape index (κ3) is 7.50. The van der Waals surface area contributed by atoms with Crippen molar-refractivity contribution >= 4 is 28.1 Å². The highest BCUT2D eigenvalue weighted by Gasteiger charge is 2.08. The van der Waals surface area contributed by atoms with Gasteiger partial charge in [0.05, 0.1) is 13.3 Å². The van der Waals surface area contributed by atoms with Gasteiger partial charge in [0, 0.05) is 10.0 Å². The molecule has 0 fully saturated rings. The standard InChI is InChI=1S/C26H25BrN2O4/c1-3-7-19-12-13-24(25(15-19)31-2)33-18-26(30)29-28-16-21-9-4-5-11-23(21)32-17-20-8-6-10-22(27)14-20/h3-6,8-16H,1,7,17-18H2,2H3,(H,29,30)/b28-16-. The Morgan fingerprint density at radius 1 is 1.00 bits per heavy atom. The SMILES string of the molecule is C=CCc1ccc(OCC(=O)N/N=C\c2ccccc2OCc2cccc(Br)c2)c(OC)c1. The first-order valence-electron chi connectivity index (χ1n) is 10.3. The molecule has 0 unspecified atom stereocenters. The topological polar surface area (TPSA) is 69.2 Å². The van der Waals surface area contributed by atoms with E-state index >= 15 is 0 Å². The highest BCUT2D eigenvalue weighted by molar-refractivity contribution is 9.10. The first-order valence-corrected chi connectivity index (χ1v) is 11.1. The average Bonchev–Trinajstić information content (AvgIpc) is 2.82. The molecule has 0 spiro atoms. The Morgan fingerprint density at radius 3 is 2.64 bits per heavy atom. The number of carbonyl (C=O) groups is 1. The number of carbonyl (C=O) groups excluding carboxylic acids is 1. The number of amides is 1. The lowest BCUT2D eigenvalue weighted by Crippen LogP contribution is -2.24. The van der Waals surface area contributed by atoms with Crippen LogP contribution in [0.1, 0.15) is 16.7 Å². The number of ether oxygens (including phenoxy) is 3. The molecule has 170 valence electrons. The third-order valence-electron chi connectivity index (χ3n) is 4.56. The van der Waals surface area contributed by atoms with Crippen LogP contribution < -0.4 is 19.6 Å². The molecule has 0 aliphatic rings. The van der Waals surface area contributed by atoms with E-state index < -0.39 is 5.91 Å². The van der Waals surface area contributed by atoms with Crippen molar-refractivity contribution in [2.75, 3.05) is 13.7 Å². The van der Waals surface area contributed by atoms with E-state index in [-0.39, 0.29) is 6.61 Å². The number of hydrogen-bond acceptors (Lipinski definition) is 5. The Hall–Kier alpha value is -3.58. The number of halogens is 1. The van der Waals surface area contributed by atoms with Crippen LogP contribution in [0.15, 0.2) is 89.0 Å². The van der Waals surface area contributed by atoms with Crippen molar-refractivity contribution in [1.82, 2.24) is 5.43 Å². The van der Waals surface area contributed by atoms with Crippen LogP contribution >= 0.6 is 15.9 Å². The maximum absolute atomic E-state index is 12.2. The van der Waals surface area contributed by atoms with E-state index in [4.69, 9.17) is 14.2 Å². The van der Waals surface area contributed by atoms with Gasteiger partial charge in [-0.25, -0.2) is 5.43 Å². The summed E-state index contributed by atoms with van der Waals surface area (Å²) >= 11 is 3.46. The fourth-order valence-corrected chi connectivity index (χ4v) is 3.43. The quantitative estimate of drug-likeness (QED) is 0.217. The van der Waals surface area contributed by atoms with Crippen LogP contribution in [-0.4, -0.2) is 25.8 Å². The minimum absolute atomic E-state index is 0.199. The number of hydrogen-bond donors (Lipinski definition) is 1. The minimum Gasteiger partial charge on any atom is -0.493 e. The zero-order valence-electron chi connectivity index (χ0n) is 18.3. The van der Waals surface area contributed by atoms with Crippen LogP contribution in [0, 0.1) is 0 Å². The van der Waals surface area contributed by atoms with Gasteiger partial charge in [-0.3, -0.25) is 4.79 Å². The van der Waals surface area contributed by atoms with E-state index in [0.29, 0.717) is 23.9 Å². The van der Waals surface area contributed by atoms with E-state index in [1.165, 1.54) is 0 Å². The number of benzene rings is 3. The summed E-state index contributed by atoms with van der Waals surface area (Å²) in [5.41, 5.74) is 5.29. The molecule has 7 heteroatoms. The average molecular weight is 509 g/mol. The summed E-state index contributed by atoms with van der Waals surface area (Å²) in [5, 5.41) is 4.03. The van der Waals surface area contributed by atoms with E-state index in [1.807, 2.05) is 66.7 Å². The second kappa shape index (κ2) is 12.5. The highest BCUT2D eigenvalue weighted by atomic mass is 79.9. The first-order chi connectivity index (χ1) is 16.1. The van der Waals surface area contributed by atoms with Gasteiger partial charge in [0.2, 0.25) is 0 Å². The number of nitrogens with zero attached hydrogens (tertiary/aromatic N) is 1. The molecule has 1 N–H and O–H groups in total. The molecule has 1 amide bonds. The van der Waals surface area contributed by atoms with Crippen molar-refractivity contribution in [3.05, 3.63) is 101 Å². The summed E-state index contributed by atoms with van der Waals surface area (Å²) in [4.78, 5) is 12.2. The number of allylic oxidation sites excluding steroid dienone is 1. The summed E-state index contributed by atoms with van der Waals surface area (Å²) in [7, 11) is 1.56. The Kier molecular flexibility index (Phi) is 9.08. The number of hydrazone groups is 1. The van der Waals surface area contributed by atoms with Gasteiger partial charge in [-0.2, -0.15) is 5.10 Å². The molecule has 0 aromatic heterocycles. The smallest absolute Gasteiger partial charge is 0.277 e. The zero-order valence-corrected chi connectivity index (χ0v) is 19.9. The zero-order chi connectivity index (χ0) is 23.5. The highest BCUT2D eigenvalue weighted by Crippen LogP contribution is 2.28. The van der Waals surface area contributed by atoms with Crippen molar-refractivity contribution in [2.45, 2.75) is 13.0 Å². The molecule has 0 heterocycles. The van der Waals surface area contributed by atoms with Gasteiger partial charge in [-0.15, -0.1) is 6.58 Å². The van der Waals surface area contributed by atoms with Gasteiger partial charge in [0.15, 0.2) is 18.1 Å². The van der Waals surface area contributed by atoms with E-state index in [0.717, 1.165) is 27.6 Å². The van der Waals surface area contributed by atoms with Gasteiger partial charge in [0.1, 0.15) is 12.4 Å². The molecule has 0 atom stereocenters. The van der Waals surface area contributed by atoms with Gasteiger partial charge >= 0.3 is 0 Å². The van der Waals surface area contributed by atoms with Crippen LogP contribution in [-0.2, 0) is 17.8 Å². The van der Waals surface area contributed by atoms with Gasteiger partial charge < -0.3 is 14.2 Å². The van der Waals surface area contributed by atoms with E-state index in [2.05, 4.69) is 33.0 Å². The molecule has 3 aromatic rings. The van der Waals surface area contributed by atoms with Crippen molar-refractivity contribution in [1.29, 1.82) is 0 Å². The molecule has 0 bridgehead atoms. The lowest BCUT2D eigenvalue weighted by molar-refractivity contribution is -0.123. The predicted molar refractivity (Wildman–Crippen MR) is 133 cm³/mol. The molecule has 0 radical (unpaired) electrons. The maximum atomic E-state index is 12.2. The second-order valence-electron chi connectivity index (χ2n) is 7.02. The minimum atomic E-state index is -0.393. The van der Waals surface area contributed by atoms with Crippen molar-refractivity contribution < 1.29 is 19.0 Å². The molecule has 0 saturated carbocycles. The molecular weight excluding hydrogens is 484 g/mol. The summed E-state index contributed by atoms with van der Waals surface area (Å²) in [6.45, 7) is 3.94. The number of para-hydroxylation sites is 1. The summed E-state index contributed by atoms with van der Waals surface area (Å²) in [6.07, 6.45) is 4.07.